The van der Waals surface area contributed by atoms with Crippen molar-refractivity contribution in [1.29, 1.82) is 0 Å². The SMILES string of the molecule is CS(=O)(=O)N[C@H]1CCN(c2ccccc2)CC1COC1CCC(c2ccccc2)CC1. The van der Waals surface area contributed by atoms with Gasteiger partial charge < -0.3 is 9.64 Å². The third kappa shape index (κ3) is 6.31. The number of ether oxygens (including phenoxy) is 1. The molecule has 1 aliphatic heterocycles. The molecule has 1 heterocycles. The molecule has 1 aliphatic carbocycles. The molecule has 31 heavy (non-hydrogen) atoms. The van der Waals surface area contributed by atoms with E-state index in [1.165, 1.54) is 17.5 Å². The van der Waals surface area contributed by atoms with Crippen molar-refractivity contribution in [3.05, 3.63) is 66.2 Å². The predicted molar refractivity (Wildman–Crippen MR) is 126 cm³/mol. The van der Waals surface area contributed by atoms with Gasteiger partial charge >= 0.3 is 0 Å². The number of hydrogen-bond acceptors (Lipinski definition) is 4. The molecule has 1 N–H and O–H groups in total. The molecule has 4 rings (SSSR count). The number of anilines is 1. The van der Waals surface area contributed by atoms with Crippen LogP contribution in [-0.4, -0.2) is 46.5 Å². The van der Waals surface area contributed by atoms with Crippen LogP contribution in [0.4, 0.5) is 5.69 Å². The van der Waals surface area contributed by atoms with Gasteiger partial charge in [0.05, 0.1) is 19.0 Å². The van der Waals surface area contributed by atoms with Crippen molar-refractivity contribution in [2.24, 2.45) is 5.92 Å². The second kappa shape index (κ2) is 10.2. The molecule has 2 aromatic rings. The summed E-state index contributed by atoms with van der Waals surface area (Å²) in [5.74, 6) is 0.763. The first kappa shape index (κ1) is 22.3. The maximum Gasteiger partial charge on any atom is 0.208 e. The molecule has 5 nitrogen and oxygen atoms in total. The Balaban J connectivity index is 1.34. The quantitative estimate of drug-likeness (QED) is 0.699. The van der Waals surface area contributed by atoms with Crippen LogP contribution >= 0.6 is 0 Å². The highest BCUT2D eigenvalue weighted by Gasteiger charge is 2.32. The highest BCUT2D eigenvalue weighted by atomic mass is 32.2. The highest BCUT2D eigenvalue weighted by Crippen LogP contribution is 2.34. The van der Waals surface area contributed by atoms with E-state index in [1.807, 2.05) is 18.2 Å². The highest BCUT2D eigenvalue weighted by molar-refractivity contribution is 7.88. The molecule has 6 heteroatoms. The summed E-state index contributed by atoms with van der Waals surface area (Å²) in [7, 11) is -3.24. The summed E-state index contributed by atoms with van der Waals surface area (Å²) in [6.07, 6.45) is 6.75. The van der Waals surface area contributed by atoms with Crippen LogP contribution in [0, 0.1) is 5.92 Å². The van der Waals surface area contributed by atoms with Crippen molar-refractivity contribution in [3.8, 4) is 0 Å². The van der Waals surface area contributed by atoms with Crippen LogP contribution in [0.1, 0.15) is 43.6 Å². The van der Waals surface area contributed by atoms with E-state index in [1.54, 1.807) is 0 Å². The minimum atomic E-state index is -3.24. The number of hydrogen-bond donors (Lipinski definition) is 1. The van der Waals surface area contributed by atoms with Crippen molar-refractivity contribution >= 4 is 15.7 Å². The summed E-state index contributed by atoms with van der Waals surface area (Å²) in [6, 6.07) is 21.1. The summed E-state index contributed by atoms with van der Waals surface area (Å²) >= 11 is 0. The van der Waals surface area contributed by atoms with Gasteiger partial charge in [-0.15, -0.1) is 0 Å². The Labute approximate surface area is 186 Å². The molecule has 0 radical (unpaired) electrons. The maximum atomic E-state index is 11.9. The number of nitrogens with zero attached hydrogens (tertiary/aromatic N) is 1. The van der Waals surface area contributed by atoms with Crippen LogP contribution in [0.2, 0.25) is 0 Å². The first-order valence-corrected chi connectivity index (χ1v) is 13.3. The minimum absolute atomic E-state index is 0.0735. The molecule has 1 unspecified atom stereocenters. The smallest absolute Gasteiger partial charge is 0.208 e. The normalized spacial score (nSPS) is 27.2. The molecular formula is C25H34N2O3S. The van der Waals surface area contributed by atoms with Crippen molar-refractivity contribution < 1.29 is 13.2 Å². The zero-order valence-corrected chi connectivity index (χ0v) is 19.1. The standard InChI is InChI=1S/C25H34N2O3S/c1-31(28,29)26-25-16-17-27(23-10-6-3-7-11-23)18-22(25)19-30-24-14-12-21(13-15-24)20-8-4-2-5-9-20/h2-11,21-22,24-26H,12-19H2,1H3/t21?,22?,24?,25-/m0/s1. The van der Waals surface area contributed by atoms with Gasteiger partial charge in [-0.25, -0.2) is 13.1 Å². The number of sulfonamides is 1. The van der Waals surface area contributed by atoms with Crippen LogP contribution in [-0.2, 0) is 14.8 Å². The second-order valence-corrected chi connectivity index (χ2v) is 10.8. The summed E-state index contributed by atoms with van der Waals surface area (Å²) in [5.41, 5.74) is 2.62. The average Bonchev–Trinajstić information content (AvgIpc) is 2.79. The number of piperidine rings is 1. The average molecular weight is 443 g/mol. The van der Waals surface area contributed by atoms with E-state index in [0.717, 1.165) is 45.2 Å². The molecule has 1 saturated carbocycles. The van der Waals surface area contributed by atoms with Crippen molar-refractivity contribution in [2.75, 3.05) is 30.9 Å². The van der Waals surface area contributed by atoms with E-state index in [4.69, 9.17) is 4.74 Å². The Kier molecular flexibility index (Phi) is 7.31. The fourth-order valence-electron chi connectivity index (χ4n) is 5.05. The Morgan fingerprint density at radius 1 is 0.935 bits per heavy atom. The molecule has 2 aromatic carbocycles. The molecule has 0 amide bonds. The van der Waals surface area contributed by atoms with Gasteiger partial charge in [-0.1, -0.05) is 48.5 Å². The zero-order chi connectivity index (χ0) is 21.7. The van der Waals surface area contributed by atoms with Gasteiger partial charge in [-0.2, -0.15) is 0 Å². The molecule has 1 saturated heterocycles. The molecule has 2 fully saturated rings. The molecule has 0 spiro atoms. The Bertz CT molecular complexity index is 912. The third-order valence-electron chi connectivity index (χ3n) is 6.71. The lowest BCUT2D eigenvalue weighted by Gasteiger charge is -2.40. The van der Waals surface area contributed by atoms with Crippen LogP contribution in [0.5, 0.6) is 0 Å². The predicted octanol–water partition coefficient (Wildman–Crippen LogP) is 4.17. The van der Waals surface area contributed by atoms with Gasteiger partial charge in [0.15, 0.2) is 0 Å². The van der Waals surface area contributed by atoms with Crippen LogP contribution < -0.4 is 9.62 Å². The fourth-order valence-corrected chi connectivity index (χ4v) is 5.91. The van der Waals surface area contributed by atoms with E-state index in [0.29, 0.717) is 12.5 Å². The molecule has 168 valence electrons. The zero-order valence-electron chi connectivity index (χ0n) is 18.3. The Morgan fingerprint density at radius 3 is 2.23 bits per heavy atom. The number of rotatable bonds is 7. The number of nitrogens with one attached hydrogen (secondary N) is 1. The van der Waals surface area contributed by atoms with Crippen LogP contribution in [0.25, 0.3) is 0 Å². The minimum Gasteiger partial charge on any atom is -0.378 e. The lowest BCUT2D eigenvalue weighted by Crippen LogP contribution is -2.52. The molecule has 0 bridgehead atoms. The fraction of sp³-hybridized carbons (Fsp3) is 0.520. The van der Waals surface area contributed by atoms with E-state index in [2.05, 4.69) is 52.1 Å². The van der Waals surface area contributed by atoms with Crippen molar-refractivity contribution in [2.45, 2.75) is 50.2 Å². The van der Waals surface area contributed by atoms with Gasteiger partial charge in [-0.05, 0) is 55.7 Å². The van der Waals surface area contributed by atoms with Gasteiger partial charge in [-0.3, -0.25) is 0 Å². The summed E-state index contributed by atoms with van der Waals surface area (Å²) in [6.45, 7) is 2.24. The third-order valence-corrected chi connectivity index (χ3v) is 7.44. The summed E-state index contributed by atoms with van der Waals surface area (Å²) < 4.78 is 33.1. The lowest BCUT2D eigenvalue weighted by atomic mass is 9.82. The van der Waals surface area contributed by atoms with Gasteiger partial charge in [0.25, 0.3) is 0 Å². The number of para-hydroxylation sites is 1. The van der Waals surface area contributed by atoms with Crippen LogP contribution in [0.15, 0.2) is 60.7 Å². The number of benzene rings is 2. The van der Waals surface area contributed by atoms with E-state index < -0.39 is 10.0 Å². The lowest BCUT2D eigenvalue weighted by molar-refractivity contribution is -0.00209. The Morgan fingerprint density at radius 2 is 1.58 bits per heavy atom. The maximum absolute atomic E-state index is 11.9. The van der Waals surface area contributed by atoms with Gasteiger partial charge in [0.2, 0.25) is 10.0 Å². The molecular weight excluding hydrogens is 408 g/mol. The first-order valence-electron chi connectivity index (χ1n) is 11.4. The first-order chi connectivity index (χ1) is 15.0. The van der Waals surface area contributed by atoms with E-state index >= 15 is 0 Å². The summed E-state index contributed by atoms with van der Waals surface area (Å²) in [4.78, 5) is 2.35. The van der Waals surface area contributed by atoms with Crippen LogP contribution in [0.3, 0.4) is 0 Å². The van der Waals surface area contributed by atoms with Crippen molar-refractivity contribution in [3.63, 3.8) is 0 Å². The van der Waals surface area contributed by atoms with E-state index in [9.17, 15) is 8.42 Å². The molecule has 2 atom stereocenters. The van der Waals surface area contributed by atoms with Gasteiger partial charge in [0.1, 0.15) is 0 Å². The summed E-state index contributed by atoms with van der Waals surface area (Å²) in [5, 5.41) is 0. The van der Waals surface area contributed by atoms with Gasteiger partial charge in [0, 0.05) is 30.7 Å². The topological polar surface area (TPSA) is 58.6 Å². The van der Waals surface area contributed by atoms with E-state index in [-0.39, 0.29) is 18.1 Å². The Hall–Kier alpha value is -1.89. The second-order valence-electron chi connectivity index (χ2n) is 9.04. The van der Waals surface area contributed by atoms with Crippen molar-refractivity contribution in [1.82, 2.24) is 4.72 Å². The molecule has 0 aromatic heterocycles. The largest absolute Gasteiger partial charge is 0.378 e. The molecule has 2 aliphatic rings. The monoisotopic (exact) mass is 442 g/mol.